The third-order valence-electron chi connectivity index (χ3n) is 2.55. The Labute approximate surface area is 102 Å². The van der Waals surface area contributed by atoms with Crippen molar-refractivity contribution < 1.29 is 0 Å². The highest BCUT2D eigenvalue weighted by Gasteiger charge is 2.15. The molecule has 2 nitrogen and oxygen atoms in total. The van der Waals surface area contributed by atoms with E-state index in [9.17, 15) is 0 Å². The highest BCUT2D eigenvalue weighted by molar-refractivity contribution is 7.99. The summed E-state index contributed by atoms with van der Waals surface area (Å²) in [6, 6.07) is 8.06. The van der Waals surface area contributed by atoms with Crippen molar-refractivity contribution in [1.82, 2.24) is 0 Å². The summed E-state index contributed by atoms with van der Waals surface area (Å²) < 4.78 is 0.177. The van der Waals surface area contributed by atoms with Gasteiger partial charge in [-0.25, -0.2) is 0 Å². The molecule has 3 heteroatoms. The molecule has 86 valence electrons. The number of anilines is 1. The van der Waals surface area contributed by atoms with E-state index in [4.69, 9.17) is 5.26 Å². The molecule has 0 saturated carbocycles. The first-order valence-electron chi connectivity index (χ1n) is 5.28. The van der Waals surface area contributed by atoms with Crippen molar-refractivity contribution >= 4 is 17.4 Å². The molecule has 0 aliphatic carbocycles. The highest BCUT2D eigenvalue weighted by Crippen LogP contribution is 2.23. The van der Waals surface area contributed by atoms with E-state index in [1.807, 2.05) is 36.9 Å². The minimum absolute atomic E-state index is 0.177. The molecule has 16 heavy (non-hydrogen) atoms. The van der Waals surface area contributed by atoms with Crippen LogP contribution in [0.1, 0.15) is 25.0 Å². The summed E-state index contributed by atoms with van der Waals surface area (Å²) in [5.74, 6) is 0. The number of hydrogen-bond donors (Lipinski definition) is 1. The van der Waals surface area contributed by atoms with Crippen LogP contribution in [0, 0.1) is 18.3 Å². The number of rotatable bonds is 4. The standard InChI is InChI=1S/C13H18N2S/c1-10-5-6-11(8-14)12(7-10)15-9-13(2,3)16-4/h5-7,15H,9H2,1-4H3. The molecule has 1 N–H and O–H groups in total. The van der Waals surface area contributed by atoms with Crippen LogP contribution >= 0.6 is 11.8 Å². The van der Waals surface area contributed by atoms with Gasteiger partial charge in [0.2, 0.25) is 0 Å². The van der Waals surface area contributed by atoms with Gasteiger partial charge in [0.1, 0.15) is 6.07 Å². The normalized spacial score (nSPS) is 10.9. The molecular weight excluding hydrogens is 216 g/mol. The molecule has 0 heterocycles. The Hall–Kier alpha value is -1.14. The van der Waals surface area contributed by atoms with E-state index in [1.54, 1.807) is 0 Å². The Balaban J connectivity index is 2.81. The second kappa shape index (κ2) is 5.27. The summed E-state index contributed by atoms with van der Waals surface area (Å²) in [5, 5.41) is 12.4. The lowest BCUT2D eigenvalue weighted by atomic mass is 10.1. The van der Waals surface area contributed by atoms with Crippen LogP contribution in [-0.2, 0) is 0 Å². The number of benzene rings is 1. The number of nitrogens with one attached hydrogen (secondary N) is 1. The number of nitrogens with zero attached hydrogens (tertiary/aromatic N) is 1. The summed E-state index contributed by atoms with van der Waals surface area (Å²) in [5.41, 5.74) is 2.82. The van der Waals surface area contributed by atoms with E-state index < -0.39 is 0 Å². The quantitative estimate of drug-likeness (QED) is 0.867. The molecule has 0 aliphatic heterocycles. The van der Waals surface area contributed by atoms with E-state index in [1.165, 1.54) is 5.56 Å². The van der Waals surface area contributed by atoms with Crippen molar-refractivity contribution in [3.05, 3.63) is 29.3 Å². The molecule has 1 aromatic carbocycles. The molecule has 1 aromatic rings. The molecule has 0 saturated heterocycles. The topological polar surface area (TPSA) is 35.8 Å². The van der Waals surface area contributed by atoms with Crippen molar-refractivity contribution in [3.8, 4) is 6.07 Å². The average molecular weight is 234 g/mol. The van der Waals surface area contributed by atoms with Gasteiger partial charge in [-0.3, -0.25) is 0 Å². The Bertz CT molecular complexity index is 405. The maximum Gasteiger partial charge on any atom is 0.101 e. The third kappa shape index (κ3) is 3.46. The van der Waals surface area contributed by atoms with E-state index in [-0.39, 0.29) is 4.75 Å². The molecular formula is C13H18N2S. The lowest BCUT2D eigenvalue weighted by Crippen LogP contribution is -2.26. The molecule has 0 spiro atoms. The summed E-state index contributed by atoms with van der Waals surface area (Å²) in [6.07, 6.45) is 2.10. The van der Waals surface area contributed by atoms with Crippen molar-refractivity contribution in [3.63, 3.8) is 0 Å². The zero-order valence-corrected chi connectivity index (χ0v) is 11.1. The lowest BCUT2D eigenvalue weighted by molar-refractivity contribution is 0.752. The van der Waals surface area contributed by atoms with Crippen LogP contribution in [0.4, 0.5) is 5.69 Å². The molecule has 1 rings (SSSR count). The SMILES string of the molecule is CSC(C)(C)CNc1cc(C)ccc1C#N. The fraction of sp³-hybridized carbons (Fsp3) is 0.462. The number of nitriles is 1. The molecule has 0 radical (unpaired) electrons. The van der Waals surface area contributed by atoms with Gasteiger partial charge < -0.3 is 5.32 Å². The van der Waals surface area contributed by atoms with Crippen LogP contribution in [0.3, 0.4) is 0 Å². The van der Waals surface area contributed by atoms with Gasteiger partial charge in [-0.15, -0.1) is 0 Å². The Morgan fingerprint density at radius 1 is 1.44 bits per heavy atom. The van der Waals surface area contributed by atoms with E-state index in [0.29, 0.717) is 5.56 Å². The Kier molecular flexibility index (Phi) is 4.26. The first kappa shape index (κ1) is 12.9. The molecule has 0 bridgehead atoms. The Morgan fingerprint density at radius 2 is 2.12 bits per heavy atom. The first-order chi connectivity index (χ1) is 7.48. The van der Waals surface area contributed by atoms with Gasteiger partial charge in [0.05, 0.1) is 11.3 Å². The summed E-state index contributed by atoms with van der Waals surface area (Å²) in [4.78, 5) is 0. The van der Waals surface area contributed by atoms with Crippen LogP contribution in [0.15, 0.2) is 18.2 Å². The van der Waals surface area contributed by atoms with Gasteiger partial charge in [0, 0.05) is 11.3 Å². The van der Waals surface area contributed by atoms with Gasteiger partial charge in [-0.05, 0) is 44.7 Å². The smallest absolute Gasteiger partial charge is 0.101 e. The van der Waals surface area contributed by atoms with E-state index in [2.05, 4.69) is 31.5 Å². The molecule has 0 atom stereocenters. The number of thioether (sulfide) groups is 1. The van der Waals surface area contributed by atoms with Crippen molar-refractivity contribution in [2.24, 2.45) is 0 Å². The van der Waals surface area contributed by atoms with Gasteiger partial charge in [-0.1, -0.05) is 6.07 Å². The fourth-order valence-electron chi connectivity index (χ4n) is 1.28. The summed E-state index contributed by atoms with van der Waals surface area (Å²) in [7, 11) is 0. The van der Waals surface area contributed by atoms with Gasteiger partial charge >= 0.3 is 0 Å². The van der Waals surface area contributed by atoms with Crippen LogP contribution < -0.4 is 5.32 Å². The zero-order valence-electron chi connectivity index (χ0n) is 10.3. The Morgan fingerprint density at radius 3 is 2.69 bits per heavy atom. The first-order valence-corrected chi connectivity index (χ1v) is 6.51. The maximum absolute atomic E-state index is 9.00. The zero-order chi connectivity index (χ0) is 12.2. The fourth-order valence-corrected chi connectivity index (χ4v) is 1.50. The van der Waals surface area contributed by atoms with Crippen LogP contribution in [0.2, 0.25) is 0 Å². The van der Waals surface area contributed by atoms with E-state index >= 15 is 0 Å². The largest absolute Gasteiger partial charge is 0.383 e. The minimum Gasteiger partial charge on any atom is -0.383 e. The summed E-state index contributed by atoms with van der Waals surface area (Å²) >= 11 is 1.82. The highest BCUT2D eigenvalue weighted by atomic mass is 32.2. The molecule has 0 amide bonds. The predicted molar refractivity (Wildman–Crippen MR) is 72.0 cm³/mol. The molecule has 0 unspecified atom stereocenters. The van der Waals surface area contributed by atoms with E-state index in [0.717, 1.165) is 12.2 Å². The second-order valence-electron chi connectivity index (χ2n) is 4.48. The van der Waals surface area contributed by atoms with Crippen molar-refractivity contribution in [2.75, 3.05) is 18.1 Å². The molecule has 0 aromatic heterocycles. The summed E-state index contributed by atoms with van der Waals surface area (Å²) in [6.45, 7) is 7.26. The second-order valence-corrected chi connectivity index (χ2v) is 5.99. The maximum atomic E-state index is 9.00. The van der Waals surface area contributed by atoms with Gasteiger partial charge in [0.15, 0.2) is 0 Å². The average Bonchev–Trinajstić information content (AvgIpc) is 2.27. The molecule has 0 fully saturated rings. The van der Waals surface area contributed by atoms with Crippen molar-refractivity contribution in [2.45, 2.75) is 25.5 Å². The lowest BCUT2D eigenvalue weighted by Gasteiger charge is -2.23. The van der Waals surface area contributed by atoms with Gasteiger partial charge in [-0.2, -0.15) is 17.0 Å². The third-order valence-corrected chi connectivity index (χ3v) is 3.80. The predicted octanol–water partition coefficient (Wildman–Crippen LogP) is 3.42. The minimum atomic E-state index is 0.177. The monoisotopic (exact) mass is 234 g/mol. The van der Waals surface area contributed by atoms with Crippen LogP contribution in [0.5, 0.6) is 0 Å². The van der Waals surface area contributed by atoms with Crippen LogP contribution in [0.25, 0.3) is 0 Å². The van der Waals surface area contributed by atoms with Crippen molar-refractivity contribution in [1.29, 1.82) is 5.26 Å². The molecule has 0 aliphatic rings. The number of hydrogen-bond acceptors (Lipinski definition) is 3. The van der Waals surface area contributed by atoms with Gasteiger partial charge in [0.25, 0.3) is 0 Å². The number of aryl methyl sites for hydroxylation is 1. The van der Waals surface area contributed by atoms with Crippen LogP contribution in [-0.4, -0.2) is 17.5 Å².